The zero-order chi connectivity index (χ0) is 38.6. The number of hydrogen-bond acceptors (Lipinski definition) is 6. The molecule has 11 rings (SSSR count). The molecule has 5 nitrogen and oxygen atoms in total. The third-order valence-electron chi connectivity index (χ3n) is 10.8. The van der Waals surface area contributed by atoms with E-state index in [0.717, 1.165) is 60.9 Å². The van der Waals surface area contributed by atoms with Crippen LogP contribution in [0.1, 0.15) is 5.56 Å². The van der Waals surface area contributed by atoms with E-state index in [1.54, 1.807) is 11.3 Å². The first-order valence-electron chi connectivity index (χ1n) is 19.1. The number of nitriles is 1. The predicted octanol–water partition coefficient (Wildman–Crippen LogP) is 14.0. The summed E-state index contributed by atoms with van der Waals surface area (Å²) in [5.74, 6) is 1.69. The molecule has 3 aromatic heterocycles. The van der Waals surface area contributed by atoms with Crippen LogP contribution in [0.4, 0.5) is 0 Å². The maximum absolute atomic E-state index is 9.56. The Labute approximate surface area is 337 Å². The van der Waals surface area contributed by atoms with E-state index in [0.29, 0.717) is 23.0 Å². The van der Waals surface area contributed by atoms with E-state index in [1.807, 2.05) is 60.7 Å². The van der Waals surface area contributed by atoms with Crippen LogP contribution >= 0.6 is 11.3 Å². The summed E-state index contributed by atoms with van der Waals surface area (Å²) in [7, 11) is 0. The first kappa shape index (κ1) is 33.6. The Bertz CT molecular complexity index is 3410. The third kappa shape index (κ3) is 5.90. The Hall–Kier alpha value is -7.72. The molecule has 8 aromatic carbocycles. The molecule has 0 amide bonds. The largest absolute Gasteiger partial charge is 0.456 e. The standard InChI is InChI=1S/C52H30N4OS/c53-31-32-9-6-12-36(27-32)37-13-7-14-38(28-37)50-54-51(56-52(55-50)40-23-25-43-42-15-4-5-18-47(42)58-48(43)30-40)39-24-26-44-46(29-39)57-45-17-8-16-41(49(44)45)35-21-19-34(20-22-35)33-10-2-1-3-11-33/h1-30H. The van der Waals surface area contributed by atoms with E-state index < -0.39 is 0 Å². The molecule has 0 aliphatic carbocycles. The molecule has 0 spiro atoms. The van der Waals surface area contributed by atoms with E-state index >= 15 is 0 Å². The zero-order valence-corrected chi connectivity index (χ0v) is 31.7. The summed E-state index contributed by atoms with van der Waals surface area (Å²) < 4.78 is 8.99. The Kier molecular flexibility index (Phi) is 7.99. The molecule has 0 unspecified atom stereocenters. The Balaban J connectivity index is 1.04. The lowest BCUT2D eigenvalue weighted by Crippen LogP contribution is -2.00. The predicted molar refractivity (Wildman–Crippen MR) is 237 cm³/mol. The van der Waals surface area contributed by atoms with Crippen LogP contribution in [-0.2, 0) is 0 Å². The van der Waals surface area contributed by atoms with Crippen LogP contribution in [0, 0.1) is 11.3 Å². The van der Waals surface area contributed by atoms with Crippen molar-refractivity contribution in [3.63, 3.8) is 0 Å². The third-order valence-corrected chi connectivity index (χ3v) is 11.9. The summed E-state index contributed by atoms with van der Waals surface area (Å²) in [4.78, 5) is 15.3. The monoisotopic (exact) mass is 758 g/mol. The van der Waals surface area contributed by atoms with Crippen LogP contribution in [0.3, 0.4) is 0 Å². The van der Waals surface area contributed by atoms with Crippen LogP contribution < -0.4 is 0 Å². The van der Waals surface area contributed by atoms with E-state index in [-0.39, 0.29) is 0 Å². The minimum Gasteiger partial charge on any atom is -0.456 e. The number of hydrogen-bond donors (Lipinski definition) is 0. The van der Waals surface area contributed by atoms with Gasteiger partial charge in [0.05, 0.1) is 11.6 Å². The van der Waals surface area contributed by atoms with Crippen molar-refractivity contribution in [1.82, 2.24) is 15.0 Å². The van der Waals surface area contributed by atoms with E-state index in [9.17, 15) is 5.26 Å². The fraction of sp³-hybridized carbons (Fsp3) is 0. The molecule has 0 N–H and O–H groups in total. The second-order valence-corrected chi connectivity index (χ2v) is 15.4. The van der Waals surface area contributed by atoms with Gasteiger partial charge in [0.25, 0.3) is 0 Å². The smallest absolute Gasteiger partial charge is 0.164 e. The van der Waals surface area contributed by atoms with Crippen LogP contribution in [-0.4, -0.2) is 15.0 Å². The van der Waals surface area contributed by atoms with Crippen LogP contribution in [0.2, 0.25) is 0 Å². The van der Waals surface area contributed by atoms with Gasteiger partial charge >= 0.3 is 0 Å². The number of fused-ring (bicyclic) bond motifs is 6. The Morgan fingerprint density at radius 2 is 0.966 bits per heavy atom. The summed E-state index contributed by atoms with van der Waals surface area (Å²) in [6.45, 7) is 0. The molecule has 0 saturated heterocycles. The normalized spacial score (nSPS) is 11.4. The molecule has 11 aromatic rings. The average Bonchev–Trinajstić information content (AvgIpc) is 3.87. The first-order chi connectivity index (χ1) is 28.6. The van der Waals surface area contributed by atoms with Crippen molar-refractivity contribution < 1.29 is 4.42 Å². The topological polar surface area (TPSA) is 75.6 Å². The molecule has 6 heteroatoms. The van der Waals surface area contributed by atoms with Gasteiger partial charge in [-0.15, -0.1) is 11.3 Å². The highest BCUT2D eigenvalue weighted by Crippen LogP contribution is 2.40. The van der Waals surface area contributed by atoms with Gasteiger partial charge in [0.2, 0.25) is 0 Å². The SMILES string of the molecule is N#Cc1cccc(-c2cccc(-c3nc(-c4ccc5c(c4)oc4cccc(-c6ccc(-c7ccccc7)cc6)c45)nc(-c4ccc5c(c4)sc4ccccc45)n3)c2)c1. The first-order valence-corrected chi connectivity index (χ1v) is 19.9. The molecule has 0 atom stereocenters. The van der Waals surface area contributed by atoms with Crippen LogP contribution in [0.25, 0.3) is 110 Å². The van der Waals surface area contributed by atoms with Gasteiger partial charge in [-0.2, -0.15) is 5.26 Å². The number of rotatable bonds is 6. The summed E-state index contributed by atoms with van der Waals surface area (Å²) >= 11 is 1.77. The van der Waals surface area contributed by atoms with Crippen molar-refractivity contribution in [1.29, 1.82) is 5.26 Å². The van der Waals surface area contributed by atoms with Crippen molar-refractivity contribution in [2.75, 3.05) is 0 Å². The van der Waals surface area contributed by atoms with Gasteiger partial charge < -0.3 is 4.42 Å². The second kappa shape index (κ2) is 13.8. The lowest BCUT2D eigenvalue weighted by Gasteiger charge is -2.10. The molecule has 0 radical (unpaired) electrons. The van der Waals surface area contributed by atoms with Crippen molar-refractivity contribution in [3.8, 4) is 73.6 Å². The van der Waals surface area contributed by atoms with Crippen molar-refractivity contribution in [2.45, 2.75) is 0 Å². The molecule has 270 valence electrons. The lowest BCUT2D eigenvalue weighted by atomic mass is 9.96. The minimum absolute atomic E-state index is 0.549. The zero-order valence-electron chi connectivity index (χ0n) is 30.9. The number of nitrogens with zero attached hydrogens (tertiary/aromatic N) is 4. The van der Waals surface area contributed by atoms with Crippen molar-refractivity contribution in [3.05, 3.63) is 188 Å². The van der Waals surface area contributed by atoms with Gasteiger partial charge in [0, 0.05) is 47.6 Å². The highest BCUT2D eigenvalue weighted by molar-refractivity contribution is 7.25. The van der Waals surface area contributed by atoms with Crippen molar-refractivity contribution in [2.24, 2.45) is 0 Å². The highest BCUT2D eigenvalue weighted by Gasteiger charge is 2.18. The Morgan fingerprint density at radius 3 is 1.76 bits per heavy atom. The van der Waals surface area contributed by atoms with Gasteiger partial charge in [-0.1, -0.05) is 133 Å². The van der Waals surface area contributed by atoms with E-state index in [2.05, 4.69) is 127 Å². The molecule has 3 heterocycles. The molecule has 58 heavy (non-hydrogen) atoms. The van der Waals surface area contributed by atoms with Gasteiger partial charge in [-0.25, -0.2) is 15.0 Å². The summed E-state index contributed by atoms with van der Waals surface area (Å²) in [5, 5.41) is 14.1. The van der Waals surface area contributed by atoms with Crippen molar-refractivity contribution >= 4 is 53.4 Å². The minimum atomic E-state index is 0.549. The molecule has 0 aliphatic heterocycles. The number of aromatic nitrogens is 3. The van der Waals surface area contributed by atoms with Crippen LogP contribution in [0.15, 0.2) is 186 Å². The fourth-order valence-corrected chi connectivity index (χ4v) is 9.06. The van der Waals surface area contributed by atoms with Gasteiger partial charge in [0.15, 0.2) is 17.5 Å². The Morgan fingerprint density at radius 1 is 0.397 bits per heavy atom. The lowest BCUT2D eigenvalue weighted by molar-refractivity contribution is 0.669. The maximum atomic E-state index is 9.56. The maximum Gasteiger partial charge on any atom is 0.164 e. The summed E-state index contributed by atoms with van der Waals surface area (Å²) in [6, 6.07) is 64.6. The van der Waals surface area contributed by atoms with E-state index in [4.69, 9.17) is 19.4 Å². The fourth-order valence-electron chi connectivity index (χ4n) is 7.91. The number of furan rings is 1. The molecule has 0 fully saturated rings. The van der Waals surface area contributed by atoms with E-state index in [1.165, 1.54) is 31.3 Å². The molecule has 0 bridgehead atoms. The second-order valence-electron chi connectivity index (χ2n) is 14.3. The number of thiophene rings is 1. The summed E-state index contributed by atoms with van der Waals surface area (Å²) in [6.07, 6.45) is 0. The molecule has 0 saturated carbocycles. The summed E-state index contributed by atoms with van der Waals surface area (Å²) in [5.41, 5.74) is 11.3. The molecular formula is C52H30N4OS. The average molecular weight is 759 g/mol. The molecule has 0 aliphatic rings. The van der Waals surface area contributed by atoms with Crippen LogP contribution in [0.5, 0.6) is 0 Å². The molecular weight excluding hydrogens is 729 g/mol. The quantitative estimate of drug-likeness (QED) is 0.169. The number of benzene rings is 8. The van der Waals surface area contributed by atoms with Gasteiger partial charge in [-0.3, -0.25) is 0 Å². The van der Waals surface area contributed by atoms with Gasteiger partial charge in [-0.05, 0) is 81.9 Å². The highest BCUT2D eigenvalue weighted by atomic mass is 32.1. The van der Waals surface area contributed by atoms with Gasteiger partial charge in [0.1, 0.15) is 11.2 Å².